The zero-order valence-electron chi connectivity index (χ0n) is 9.18. The lowest BCUT2D eigenvalue weighted by Crippen LogP contribution is -2.26. The van der Waals surface area contributed by atoms with Crippen molar-refractivity contribution in [3.63, 3.8) is 0 Å². The largest absolute Gasteiger partial charge is 0.372 e. The molecule has 1 aliphatic heterocycles. The molecular formula is C12H20Br2O. The van der Waals surface area contributed by atoms with E-state index >= 15 is 0 Å². The Balaban J connectivity index is 1.81. The molecule has 0 aromatic carbocycles. The first-order chi connectivity index (χ1) is 7.28. The molecule has 1 aliphatic carbocycles. The summed E-state index contributed by atoms with van der Waals surface area (Å²) in [5.41, 5.74) is 0.313. The van der Waals surface area contributed by atoms with Crippen molar-refractivity contribution in [3.05, 3.63) is 0 Å². The Morgan fingerprint density at radius 2 is 1.80 bits per heavy atom. The van der Waals surface area contributed by atoms with Gasteiger partial charge in [0.1, 0.15) is 0 Å². The van der Waals surface area contributed by atoms with Crippen molar-refractivity contribution in [3.8, 4) is 0 Å². The molecule has 3 heteroatoms. The van der Waals surface area contributed by atoms with Crippen molar-refractivity contribution >= 4 is 31.9 Å². The second kappa shape index (κ2) is 5.50. The topological polar surface area (TPSA) is 9.23 Å². The van der Waals surface area contributed by atoms with Crippen LogP contribution >= 0.6 is 31.9 Å². The summed E-state index contributed by atoms with van der Waals surface area (Å²) in [5, 5.41) is 2.18. The third-order valence-electron chi connectivity index (χ3n) is 3.89. The SMILES string of the molecule is BrCC(CBr)CC1CCC2(CCCC2)O1. The number of rotatable bonds is 4. The second-order valence-corrected chi connectivity index (χ2v) is 6.37. The van der Waals surface area contributed by atoms with Crippen LogP contribution in [0.2, 0.25) is 0 Å². The van der Waals surface area contributed by atoms with Crippen LogP contribution in [0.25, 0.3) is 0 Å². The van der Waals surface area contributed by atoms with E-state index in [1.807, 2.05) is 0 Å². The van der Waals surface area contributed by atoms with E-state index in [1.54, 1.807) is 0 Å². The van der Waals surface area contributed by atoms with Gasteiger partial charge in [-0.25, -0.2) is 0 Å². The first kappa shape index (κ1) is 12.4. The molecule has 0 bridgehead atoms. The van der Waals surface area contributed by atoms with Gasteiger partial charge in [0.15, 0.2) is 0 Å². The van der Waals surface area contributed by atoms with Crippen molar-refractivity contribution in [1.82, 2.24) is 0 Å². The lowest BCUT2D eigenvalue weighted by molar-refractivity contribution is -0.0422. The molecule has 1 spiro atoms. The smallest absolute Gasteiger partial charge is 0.0687 e. The molecule has 0 aromatic rings. The van der Waals surface area contributed by atoms with Crippen molar-refractivity contribution in [1.29, 1.82) is 0 Å². The van der Waals surface area contributed by atoms with Crippen LogP contribution in [-0.2, 0) is 4.74 Å². The summed E-state index contributed by atoms with van der Waals surface area (Å²) in [7, 11) is 0. The number of ether oxygens (including phenoxy) is 1. The molecular weight excluding hydrogens is 320 g/mol. The van der Waals surface area contributed by atoms with E-state index in [-0.39, 0.29) is 0 Å². The molecule has 0 radical (unpaired) electrons. The first-order valence-electron chi connectivity index (χ1n) is 6.08. The highest BCUT2D eigenvalue weighted by atomic mass is 79.9. The Labute approximate surface area is 110 Å². The van der Waals surface area contributed by atoms with Gasteiger partial charge in [0, 0.05) is 10.7 Å². The molecule has 1 atom stereocenters. The third kappa shape index (κ3) is 2.98. The van der Waals surface area contributed by atoms with Crippen molar-refractivity contribution < 1.29 is 4.74 Å². The fourth-order valence-electron chi connectivity index (χ4n) is 2.99. The van der Waals surface area contributed by atoms with Crippen LogP contribution in [0.15, 0.2) is 0 Å². The van der Waals surface area contributed by atoms with E-state index in [1.165, 1.54) is 44.9 Å². The molecule has 2 fully saturated rings. The molecule has 0 amide bonds. The highest BCUT2D eigenvalue weighted by Crippen LogP contribution is 2.44. The summed E-state index contributed by atoms with van der Waals surface area (Å²) in [6.07, 6.45) is 9.75. The zero-order chi connectivity index (χ0) is 10.7. The number of halogens is 2. The van der Waals surface area contributed by atoms with E-state index in [9.17, 15) is 0 Å². The summed E-state index contributed by atoms with van der Waals surface area (Å²) in [6, 6.07) is 0. The highest BCUT2D eigenvalue weighted by molar-refractivity contribution is 9.09. The maximum atomic E-state index is 6.30. The molecule has 88 valence electrons. The third-order valence-corrected chi connectivity index (χ3v) is 5.72. The summed E-state index contributed by atoms with van der Waals surface area (Å²) >= 11 is 7.15. The minimum Gasteiger partial charge on any atom is -0.372 e. The van der Waals surface area contributed by atoms with Gasteiger partial charge in [-0.05, 0) is 38.0 Å². The van der Waals surface area contributed by atoms with Gasteiger partial charge < -0.3 is 4.74 Å². The Morgan fingerprint density at radius 3 is 2.40 bits per heavy atom. The molecule has 1 saturated carbocycles. The zero-order valence-corrected chi connectivity index (χ0v) is 12.4. The molecule has 2 aliphatic rings. The predicted octanol–water partition coefficient (Wildman–Crippen LogP) is 4.27. The summed E-state index contributed by atoms with van der Waals surface area (Å²) in [5.74, 6) is 0.728. The monoisotopic (exact) mass is 338 g/mol. The van der Waals surface area contributed by atoms with Crippen LogP contribution in [0.1, 0.15) is 44.9 Å². The standard InChI is InChI=1S/C12H20Br2O/c13-8-10(9-14)7-11-3-6-12(15-11)4-1-2-5-12/h10-11H,1-9H2. The molecule has 1 saturated heterocycles. The fraction of sp³-hybridized carbons (Fsp3) is 1.00. The highest BCUT2D eigenvalue weighted by Gasteiger charge is 2.42. The molecule has 1 unspecified atom stereocenters. The number of alkyl halides is 2. The predicted molar refractivity (Wildman–Crippen MR) is 71.0 cm³/mol. The molecule has 15 heavy (non-hydrogen) atoms. The van der Waals surface area contributed by atoms with Crippen LogP contribution in [0.4, 0.5) is 0 Å². The van der Waals surface area contributed by atoms with Gasteiger partial charge in [-0.1, -0.05) is 44.7 Å². The molecule has 0 aromatic heterocycles. The second-order valence-electron chi connectivity index (χ2n) is 5.08. The van der Waals surface area contributed by atoms with Crippen molar-refractivity contribution in [2.75, 3.05) is 10.7 Å². The van der Waals surface area contributed by atoms with Gasteiger partial charge in [-0.3, -0.25) is 0 Å². The normalized spacial score (nSPS) is 29.4. The van der Waals surface area contributed by atoms with Gasteiger partial charge in [-0.15, -0.1) is 0 Å². The number of hydrogen-bond acceptors (Lipinski definition) is 1. The quantitative estimate of drug-likeness (QED) is 0.695. The van der Waals surface area contributed by atoms with Crippen molar-refractivity contribution in [2.45, 2.75) is 56.7 Å². The Kier molecular flexibility index (Phi) is 4.54. The van der Waals surface area contributed by atoms with Crippen LogP contribution < -0.4 is 0 Å². The van der Waals surface area contributed by atoms with E-state index < -0.39 is 0 Å². The van der Waals surface area contributed by atoms with Gasteiger partial charge in [0.2, 0.25) is 0 Å². The van der Waals surface area contributed by atoms with Crippen molar-refractivity contribution in [2.24, 2.45) is 5.92 Å². The van der Waals surface area contributed by atoms with E-state index in [0.717, 1.165) is 16.6 Å². The Bertz CT molecular complexity index is 198. The average Bonchev–Trinajstić information content (AvgIpc) is 2.87. The van der Waals surface area contributed by atoms with Crippen LogP contribution in [-0.4, -0.2) is 22.4 Å². The number of hydrogen-bond donors (Lipinski definition) is 0. The Hall–Kier alpha value is 0.920. The van der Waals surface area contributed by atoms with Crippen LogP contribution in [0.3, 0.4) is 0 Å². The van der Waals surface area contributed by atoms with Gasteiger partial charge in [0.05, 0.1) is 11.7 Å². The van der Waals surface area contributed by atoms with Crippen LogP contribution in [0, 0.1) is 5.92 Å². The van der Waals surface area contributed by atoms with E-state index in [4.69, 9.17) is 4.74 Å². The molecule has 2 rings (SSSR count). The van der Waals surface area contributed by atoms with Gasteiger partial charge >= 0.3 is 0 Å². The minimum atomic E-state index is 0.313. The lowest BCUT2D eigenvalue weighted by Gasteiger charge is -2.25. The van der Waals surface area contributed by atoms with E-state index in [0.29, 0.717) is 11.7 Å². The fourth-order valence-corrected chi connectivity index (χ4v) is 4.59. The minimum absolute atomic E-state index is 0.313. The average molecular weight is 340 g/mol. The Morgan fingerprint density at radius 1 is 1.13 bits per heavy atom. The van der Waals surface area contributed by atoms with Crippen LogP contribution in [0.5, 0.6) is 0 Å². The maximum absolute atomic E-state index is 6.30. The summed E-state index contributed by atoms with van der Waals surface area (Å²) < 4.78 is 6.30. The van der Waals surface area contributed by atoms with Gasteiger partial charge in [-0.2, -0.15) is 0 Å². The lowest BCUT2D eigenvalue weighted by atomic mass is 9.97. The summed E-state index contributed by atoms with van der Waals surface area (Å²) in [4.78, 5) is 0. The van der Waals surface area contributed by atoms with E-state index in [2.05, 4.69) is 31.9 Å². The molecule has 1 nitrogen and oxygen atoms in total. The first-order valence-corrected chi connectivity index (χ1v) is 8.32. The molecule has 1 heterocycles. The maximum Gasteiger partial charge on any atom is 0.0687 e. The molecule has 0 N–H and O–H groups in total. The summed E-state index contributed by atoms with van der Waals surface area (Å²) in [6.45, 7) is 0. The van der Waals surface area contributed by atoms with Gasteiger partial charge in [0.25, 0.3) is 0 Å².